The first kappa shape index (κ1) is 23.8. The van der Waals surface area contributed by atoms with Gasteiger partial charge in [0.15, 0.2) is 0 Å². The third-order valence-corrected chi connectivity index (χ3v) is 5.22. The molecular formula is C20H17F5N4O3S. The molecule has 7 nitrogen and oxygen atoms in total. The van der Waals surface area contributed by atoms with Gasteiger partial charge in [-0.25, -0.2) is 4.79 Å². The van der Waals surface area contributed by atoms with E-state index in [0.29, 0.717) is 11.5 Å². The number of amides is 3. The lowest BCUT2D eigenvalue weighted by atomic mass is 10.3. The zero-order chi connectivity index (χ0) is 24.3. The van der Waals surface area contributed by atoms with E-state index in [4.69, 9.17) is 4.74 Å². The molecule has 1 heterocycles. The van der Waals surface area contributed by atoms with Crippen molar-refractivity contribution in [3.8, 4) is 11.5 Å². The summed E-state index contributed by atoms with van der Waals surface area (Å²) in [7, 11) is -8.40. The predicted molar refractivity (Wildman–Crippen MR) is 115 cm³/mol. The second-order valence-electron chi connectivity index (χ2n) is 6.66. The van der Waals surface area contributed by atoms with Crippen LogP contribution in [0.5, 0.6) is 11.5 Å². The van der Waals surface area contributed by atoms with Gasteiger partial charge in [-0.15, -0.1) is 0 Å². The van der Waals surface area contributed by atoms with Gasteiger partial charge in [0, 0.05) is 30.7 Å². The van der Waals surface area contributed by atoms with Gasteiger partial charge in [-0.05, 0) is 48.5 Å². The van der Waals surface area contributed by atoms with Crippen LogP contribution in [-0.4, -0.2) is 24.0 Å². The van der Waals surface area contributed by atoms with E-state index in [1.165, 1.54) is 49.6 Å². The molecule has 3 aromatic rings. The van der Waals surface area contributed by atoms with Crippen molar-refractivity contribution >= 4 is 33.5 Å². The van der Waals surface area contributed by atoms with Gasteiger partial charge in [0.1, 0.15) is 22.1 Å². The zero-order valence-electron chi connectivity index (χ0n) is 16.8. The smallest absolute Gasteiger partial charge is 0.323 e. The molecule has 3 amide bonds. The van der Waals surface area contributed by atoms with Gasteiger partial charge in [-0.2, -0.15) is 0 Å². The number of benzene rings is 2. The van der Waals surface area contributed by atoms with Crippen LogP contribution in [0.15, 0.2) is 71.8 Å². The Balaban J connectivity index is 1.64. The van der Waals surface area contributed by atoms with Crippen LogP contribution in [0.2, 0.25) is 0 Å². The minimum atomic E-state index is -9.86. The second-order valence-corrected chi connectivity index (χ2v) is 9.07. The Bertz CT molecular complexity index is 1210. The van der Waals surface area contributed by atoms with Gasteiger partial charge in [-0.3, -0.25) is 9.78 Å². The number of carbonyl (C=O) groups excluding carboxylic acids is 2. The summed E-state index contributed by atoms with van der Waals surface area (Å²) in [6.45, 7) is 0. The van der Waals surface area contributed by atoms with Gasteiger partial charge in [0.05, 0.1) is 0 Å². The minimum absolute atomic E-state index is 0.152. The Labute approximate surface area is 184 Å². The van der Waals surface area contributed by atoms with E-state index in [2.05, 4.69) is 20.9 Å². The molecule has 3 rings (SSSR count). The predicted octanol–water partition coefficient (Wildman–Crippen LogP) is 6.53. The highest BCUT2D eigenvalue weighted by Crippen LogP contribution is 3.02. The molecule has 13 heteroatoms. The number of nitrogens with one attached hydrogen (secondary N) is 3. The van der Waals surface area contributed by atoms with Crippen LogP contribution in [0.25, 0.3) is 0 Å². The second kappa shape index (κ2) is 7.92. The van der Waals surface area contributed by atoms with Crippen molar-refractivity contribution in [3.05, 3.63) is 72.6 Å². The number of halogens is 5. The van der Waals surface area contributed by atoms with Crippen molar-refractivity contribution in [2.45, 2.75) is 4.90 Å². The molecule has 0 fully saturated rings. The van der Waals surface area contributed by atoms with E-state index in [0.717, 1.165) is 12.1 Å². The SMILES string of the molecule is CNC(=O)c1cc(Oc2ccc(NC(=O)Nc3cccc(S(F)(F)(F)(F)F)c3)cc2)ccn1. The average Bonchev–Trinajstić information content (AvgIpc) is 2.73. The lowest BCUT2D eigenvalue weighted by Gasteiger charge is -2.40. The molecule has 0 aliphatic rings. The van der Waals surface area contributed by atoms with Gasteiger partial charge in [0.25, 0.3) is 5.91 Å². The number of rotatable bonds is 6. The molecular weight excluding hydrogens is 471 g/mol. The fraction of sp³-hybridized carbons (Fsp3) is 0.0500. The number of hydrogen-bond acceptors (Lipinski definition) is 4. The maximum absolute atomic E-state index is 12.9. The minimum Gasteiger partial charge on any atom is -0.457 e. The lowest BCUT2D eigenvalue weighted by Crippen LogP contribution is -2.19. The summed E-state index contributed by atoms with van der Waals surface area (Å²) in [4.78, 5) is 25.5. The number of anilines is 2. The highest BCUT2D eigenvalue weighted by molar-refractivity contribution is 8.45. The molecule has 0 saturated heterocycles. The molecule has 0 spiro atoms. The Morgan fingerprint density at radius 1 is 0.848 bits per heavy atom. The lowest BCUT2D eigenvalue weighted by molar-refractivity contribution is 0.0957. The fourth-order valence-corrected chi connectivity index (χ4v) is 3.26. The molecule has 0 aliphatic heterocycles. The quantitative estimate of drug-likeness (QED) is 0.344. The molecule has 1 aromatic heterocycles. The molecule has 33 heavy (non-hydrogen) atoms. The summed E-state index contributed by atoms with van der Waals surface area (Å²) in [5.41, 5.74) is -0.0495. The maximum atomic E-state index is 12.9. The third-order valence-electron chi connectivity index (χ3n) is 4.08. The van der Waals surface area contributed by atoms with E-state index in [1.807, 2.05) is 0 Å². The van der Waals surface area contributed by atoms with Crippen LogP contribution >= 0.6 is 10.2 Å². The van der Waals surface area contributed by atoms with E-state index in [9.17, 15) is 29.0 Å². The van der Waals surface area contributed by atoms with Crippen molar-refractivity contribution < 1.29 is 33.8 Å². The Hall–Kier alpha value is -3.87. The number of aromatic nitrogens is 1. The monoisotopic (exact) mass is 488 g/mol. The van der Waals surface area contributed by atoms with Crippen molar-refractivity contribution in [2.24, 2.45) is 0 Å². The van der Waals surface area contributed by atoms with Gasteiger partial charge in [-0.1, -0.05) is 25.5 Å². The van der Waals surface area contributed by atoms with Crippen LogP contribution in [0.1, 0.15) is 10.5 Å². The molecule has 0 aliphatic carbocycles. The maximum Gasteiger partial charge on any atom is 0.323 e. The number of pyridine rings is 1. The summed E-state index contributed by atoms with van der Waals surface area (Å²) in [6.07, 6.45) is 1.39. The number of hydrogen-bond donors (Lipinski definition) is 3. The summed E-state index contributed by atoms with van der Waals surface area (Å²) in [5.74, 6) is 0.307. The highest BCUT2D eigenvalue weighted by atomic mass is 32.5. The first-order chi connectivity index (χ1) is 15.2. The van der Waals surface area contributed by atoms with Crippen molar-refractivity contribution in [3.63, 3.8) is 0 Å². The summed E-state index contributed by atoms with van der Waals surface area (Å²) in [6, 6.07) is 10.1. The van der Waals surface area contributed by atoms with Crippen LogP contribution < -0.4 is 20.7 Å². The summed E-state index contributed by atoms with van der Waals surface area (Å²) in [5, 5.41) is 6.87. The third kappa shape index (κ3) is 6.55. The zero-order valence-corrected chi connectivity index (χ0v) is 17.6. The molecule has 3 N–H and O–H groups in total. The number of urea groups is 1. The van der Waals surface area contributed by atoms with E-state index >= 15 is 0 Å². The molecule has 176 valence electrons. The van der Waals surface area contributed by atoms with E-state index < -0.39 is 32.7 Å². The van der Waals surface area contributed by atoms with Gasteiger partial charge >= 0.3 is 16.3 Å². The topological polar surface area (TPSA) is 92.4 Å². The number of nitrogens with zero attached hydrogens (tertiary/aromatic N) is 1. The van der Waals surface area contributed by atoms with Crippen LogP contribution in [0.4, 0.5) is 35.6 Å². The normalized spacial score (nSPS) is 13.3. The first-order valence-corrected chi connectivity index (χ1v) is 11.1. The standard InChI is InChI=1S/C20H17F5N4O3S/c1-26-19(30)18-12-16(9-10-27-18)32-15-7-5-13(6-8-15)28-20(31)29-14-3-2-4-17(11-14)33(21,22,23,24)25/h2-12H,1H3,(H,26,30)(H2,28,29,31). The first-order valence-electron chi connectivity index (χ1n) is 9.12. The Kier molecular flexibility index (Phi) is 5.71. The van der Waals surface area contributed by atoms with Crippen LogP contribution in [-0.2, 0) is 0 Å². The molecule has 2 aromatic carbocycles. The molecule has 0 saturated carbocycles. The van der Waals surface area contributed by atoms with Crippen molar-refractivity contribution in [1.82, 2.24) is 10.3 Å². The molecule has 0 radical (unpaired) electrons. The van der Waals surface area contributed by atoms with Gasteiger partial charge < -0.3 is 20.7 Å². The molecule has 0 unspecified atom stereocenters. The van der Waals surface area contributed by atoms with E-state index in [1.54, 1.807) is 0 Å². The summed E-state index contributed by atoms with van der Waals surface area (Å²) >= 11 is 0. The summed E-state index contributed by atoms with van der Waals surface area (Å²) < 4.78 is 70.2. The number of carbonyl (C=O) groups is 2. The average molecular weight is 488 g/mol. The molecule has 0 atom stereocenters. The number of ether oxygens (including phenoxy) is 1. The van der Waals surface area contributed by atoms with E-state index in [-0.39, 0.29) is 23.5 Å². The Morgan fingerprint density at radius 3 is 2.15 bits per heavy atom. The Morgan fingerprint density at radius 2 is 1.52 bits per heavy atom. The van der Waals surface area contributed by atoms with Gasteiger partial charge in [0.2, 0.25) is 0 Å². The highest BCUT2D eigenvalue weighted by Gasteiger charge is 2.65. The largest absolute Gasteiger partial charge is 0.457 e. The van der Waals surface area contributed by atoms with Crippen LogP contribution in [0.3, 0.4) is 0 Å². The molecule has 0 bridgehead atoms. The van der Waals surface area contributed by atoms with Crippen LogP contribution in [0, 0.1) is 0 Å². The van der Waals surface area contributed by atoms with Crippen molar-refractivity contribution in [2.75, 3.05) is 17.7 Å². The van der Waals surface area contributed by atoms with Crippen molar-refractivity contribution in [1.29, 1.82) is 0 Å². The fourth-order valence-electron chi connectivity index (χ4n) is 2.58.